The molecular weight excluding hydrogens is 745 g/mol. The average Bonchev–Trinajstić information content (AvgIpc) is 3.94. The molecule has 5 heteroatoms. The minimum Gasteiger partial charge on any atom is -0.456 e. The molecular formula is C56H36N4O. The first-order chi connectivity index (χ1) is 30.0. The van der Waals surface area contributed by atoms with Gasteiger partial charge in [-0.15, -0.1) is 0 Å². The summed E-state index contributed by atoms with van der Waals surface area (Å²) in [7, 11) is 0. The highest BCUT2D eigenvalue weighted by Crippen LogP contribution is 2.53. The highest BCUT2D eigenvalue weighted by molar-refractivity contribution is 6.23. The van der Waals surface area contributed by atoms with E-state index in [1.54, 1.807) is 0 Å². The van der Waals surface area contributed by atoms with E-state index in [2.05, 4.69) is 164 Å². The number of para-hydroxylation sites is 2. The first kappa shape index (κ1) is 34.0. The fourth-order valence-corrected chi connectivity index (χ4v) is 10.1. The van der Waals surface area contributed by atoms with Gasteiger partial charge >= 0.3 is 0 Å². The second-order valence-corrected chi connectivity index (χ2v) is 16.8. The second kappa shape index (κ2) is 12.6. The van der Waals surface area contributed by atoms with E-state index in [0.29, 0.717) is 17.6 Å². The lowest BCUT2D eigenvalue weighted by Gasteiger charge is -2.21. The first-order valence-electron chi connectivity index (χ1n) is 20.9. The first-order valence-corrected chi connectivity index (χ1v) is 20.9. The lowest BCUT2D eigenvalue weighted by molar-refractivity contribution is 0.661. The lowest BCUT2D eigenvalue weighted by Crippen LogP contribution is -2.14. The van der Waals surface area contributed by atoms with Crippen molar-refractivity contribution in [2.45, 2.75) is 19.3 Å². The highest BCUT2D eigenvalue weighted by atomic mass is 16.3. The Labute approximate surface area is 351 Å². The summed E-state index contributed by atoms with van der Waals surface area (Å²) < 4.78 is 8.63. The van der Waals surface area contributed by atoms with Crippen molar-refractivity contribution in [2.75, 3.05) is 0 Å². The van der Waals surface area contributed by atoms with Crippen LogP contribution in [0.3, 0.4) is 0 Å². The molecule has 5 nitrogen and oxygen atoms in total. The van der Waals surface area contributed by atoms with Crippen LogP contribution >= 0.6 is 0 Å². The Morgan fingerprint density at radius 2 is 1.10 bits per heavy atom. The molecule has 1 aliphatic rings. The Morgan fingerprint density at radius 3 is 1.95 bits per heavy atom. The summed E-state index contributed by atoms with van der Waals surface area (Å²) in [5, 5.41) is 9.36. The minimum absolute atomic E-state index is 0.131. The largest absolute Gasteiger partial charge is 0.456 e. The van der Waals surface area contributed by atoms with Gasteiger partial charge in [0.15, 0.2) is 11.6 Å². The van der Waals surface area contributed by atoms with Crippen LogP contribution < -0.4 is 0 Å². The zero-order valence-electron chi connectivity index (χ0n) is 33.5. The molecule has 61 heavy (non-hydrogen) atoms. The van der Waals surface area contributed by atoms with Gasteiger partial charge < -0.3 is 4.42 Å². The van der Waals surface area contributed by atoms with E-state index in [4.69, 9.17) is 19.4 Å². The molecule has 3 aromatic heterocycles. The standard InChI is InChI=1S/C56H36N4O/c1-56(2)45-28-25-36(31-44(45)50-38-17-8-6-13-33(38)24-29-46(50)56)40-20-12-21-43-51-39-18-9-7-14-34(39)26-30-47(51)60(52(40)43)55-58-53(35-15-4-3-5-16-35)57-54(59-55)37-23-27-42-41-19-10-11-22-48(41)61-49(42)32-37/h3-32H,1-2H3. The van der Waals surface area contributed by atoms with Crippen LogP contribution in [0, 0.1) is 0 Å². The number of fused-ring (bicyclic) bond motifs is 13. The van der Waals surface area contributed by atoms with Gasteiger partial charge in [0.2, 0.25) is 5.95 Å². The Kier molecular flexibility index (Phi) is 7.00. The summed E-state index contributed by atoms with van der Waals surface area (Å²) in [5.74, 6) is 1.72. The molecule has 0 radical (unpaired) electrons. The fourth-order valence-electron chi connectivity index (χ4n) is 10.1. The predicted octanol–water partition coefficient (Wildman–Crippen LogP) is 14.5. The van der Waals surface area contributed by atoms with Crippen molar-refractivity contribution in [2.24, 2.45) is 0 Å². The summed E-state index contributed by atoms with van der Waals surface area (Å²) in [6.45, 7) is 4.70. The molecule has 0 saturated heterocycles. The summed E-state index contributed by atoms with van der Waals surface area (Å²) in [4.78, 5) is 15.9. The van der Waals surface area contributed by atoms with Crippen LogP contribution in [0.5, 0.6) is 0 Å². The number of rotatable bonds is 4. The Hall–Kier alpha value is -7.89. The van der Waals surface area contributed by atoms with E-state index in [-0.39, 0.29) is 5.41 Å². The maximum absolute atomic E-state index is 6.37. The molecule has 286 valence electrons. The van der Waals surface area contributed by atoms with Crippen molar-refractivity contribution in [3.05, 3.63) is 193 Å². The van der Waals surface area contributed by atoms with Gasteiger partial charge in [-0.3, -0.25) is 4.57 Å². The maximum atomic E-state index is 6.37. The number of hydrogen-bond donors (Lipinski definition) is 0. The molecule has 0 unspecified atom stereocenters. The minimum atomic E-state index is -0.131. The van der Waals surface area contributed by atoms with Gasteiger partial charge in [-0.1, -0.05) is 166 Å². The monoisotopic (exact) mass is 780 g/mol. The Balaban J connectivity index is 1.11. The van der Waals surface area contributed by atoms with E-state index >= 15 is 0 Å². The summed E-state index contributed by atoms with van der Waals surface area (Å²) >= 11 is 0. The number of nitrogens with zero attached hydrogens (tertiary/aromatic N) is 4. The molecule has 0 bridgehead atoms. The average molecular weight is 781 g/mol. The molecule has 0 saturated carbocycles. The van der Waals surface area contributed by atoms with Gasteiger partial charge in [0, 0.05) is 43.7 Å². The molecule has 9 aromatic carbocycles. The quantitative estimate of drug-likeness (QED) is 0.178. The fraction of sp³-hybridized carbons (Fsp3) is 0.0536. The van der Waals surface area contributed by atoms with Crippen molar-refractivity contribution >= 4 is 65.3 Å². The molecule has 0 fully saturated rings. The molecule has 13 rings (SSSR count). The van der Waals surface area contributed by atoms with Crippen LogP contribution in [0.1, 0.15) is 25.0 Å². The van der Waals surface area contributed by atoms with Gasteiger partial charge in [-0.25, -0.2) is 4.98 Å². The number of benzene rings is 9. The van der Waals surface area contributed by atoms with E-state index in [0.717, 1.165) is 60.6 Å². The van der Waals surface area contributed by atoms with Crippen LogP contribution in [0.25, 0.3) is 116 Å². The molecule has 0 spiro atoms. The summed E-state index contributed by atoms with van der Waals surface area (Å²) in [6.07, 6.45) is 0. The molecule has 1 aliphatic carbocycles. The van der Waals surface area contributed by atoms with Gasteiger partial charge in [0.05, 0.1) is 11.0 Å². The van der Waals surface area contributed by atoms with Crippen LogP contribution in [0.4, 0.5) is 0 Å². The number of aromatic nitrogens is 4. The van der Waals surface area contributed by atoms with E-state index in [1.807, 2.05) is 36.4 Å². The molecule has 0 amide bonds. The van der Waals surface area contributed by atoms with Crippen molar-refractivity contribution in [3.8, 4) is 51.0 Å². The van der Waals surface area contributed by atoms with Crippen molar-refractivity contribution in [3.63, 3.8) is 0 Å². The highest BCUT2D eigenvalue weighted by Gasteiger charge is 2.36. The topological polar surface area (TPSA) is 56.7 Å². The predicted molar refractivity (Wildman–Crippen MR) is 250 cm³/mol. The van der Waals surface area contributed by atoms with Gasteiger partial charge in [-0.2, -0.15) is 9.97 Å². The number of hydrogen-bond acceptors (Lipinski definition) is 4. The molecule has 3 heterocycles. The van der Waals surface area contributed by atoms with Crippen molar-refractivity contribution in [1.82, 2.24) is 19.5 Å². The van der Waals surface area contributed by atoms with E-state index in [1.165, 1.54) is 49.2 Å². The third-order valence-electron chi connectivity index (χ3n) is 13.0. The molecule has 0 N–H and O–H groups in total. The maximum Gasteiger partial charge on any atom is 0.238 e. The summed E-state index contributed by atoms with van der Waals surface area (Å²) in [6, 6.07) is 64.8. The lowest BCUT2D eigenvalue weighted by atomic mass is 9.82. The summed E-state index contributed by atoms with van der Waals surface area (Å²) in [5.41, 5.74) is 12.9. The Morgan fingerprint density at radius 1 is 0.443 bits per heavy atom. The smallest absolute Gasteiger partial charge is 0.238 e. The van der Waals surface area contributed by atoms with Crippen molar-refractivity contribution < 1.29 is 4.42 Å². The van der Waals surface area contributed by atoms with E-state index < -0.39 is 0 Å². The van der Waals surface area contributed by atoms with Gasteiger partial charge in [0.25, 0.3) is 0 Å². The number of furan rings is 1. The van der Waals surface area contributed by atoms with Crippen LogP contribution in [0.2, 0.25) is 0 Å². The zero-order chi connectivity index (χ0) is 40.4. The van der Waals surface area contributed by atoms with E-state index in [9.17, 15) is 0 Å². The molecule has 0 atom stereocenters. The second-order valence-electron chi connectivity index (χ2n) is 16.8. The van der Waals surface area contributed by atoms with Gasteiger partial charge in [0.1, 0.15) is 11.2 Å². The van der Waals surface area contributed by atoms with Gasteiger partial charge in [-0.05, 0) is 79.7 Å². The third-order valence-corrected chi connectivity index (χ3v) is 13.0. The third kappa shape index (κ3) is 4.92. The van der Waals surface area contributed by atoms with Crippen LogP contribution in [-0.4, -0.2) is 19.5 Å². The normalized spacial score (nSPS) is 13.2. The molecule has 12 aromatic rings. The molecule has 0 aliphatic heterocycles. The zero-order valence-corrected chi connectivity index (χ0v) is 33.5. The SMILES string of the molecule is CC1(C)c2ccc(-c3cccc4c5c6ccccc6ccc5n(-c5nc(-c6ccccc6)nc(-c6ccc7c(c6)oc6ccccc67)n5)c34)cc2-c2c1ccc1ccccc21. The van der Waals surface area contributed by atoms with Crippen LogP contribution in [0.15, 0.2) is 186 Å². The Bertz CT molecular complexity index is 3800. The van der Waals surface area contributed by atoms with Crippen molar-refractivity contribution in [1.29, 1.82) is 0 Å². The van der Waals surface area contributed by atoms with Crippen LogP contribution in [-0.2, 0) is 5.41 Å².